The molecule has 2 aromatic rings. The van der Waals surface area contributed by atoms with Crippen LogP contribution in [0.15, 0.2) is 83.7 Å². The van der Waals surface area contributed by atoms with Gasteiger partial charge in [0, 0.05) is 6.54 Å². The topological polar surface area (TPSA) is 79.2 Å². The van der Waals surface area contributed by atoms with Crippen LogP contribution in [0.4, 0.5) is 5.69 Å². The summed E-state index contributed by atoms with van der Waals surface area (Å²) < 4.78 is 5.47. The van der Waals surface area contributed by atoms with Crippen LogP contribution in [0.3, 0.4) is 0 Å². The number of aromatic carboxylic acids is 1. The molecule has 0 aromatic heterocycles. The number of hydrogen-bond donors (Lipinski definition) is 1. The van der Waals surface area contributed by atoms with E-state index in [0.717, 1.165) is 11.3 Å². The number of carboxylic acid groups (broad SMARTS) is 1. The average Bonchev–Trinajstić information content (AvgIpc) is 3.02. The third-order valence-corrected chi connectivity index (χ3v) is 5.07. The number of carbonyl (C=O) groups excluding carboxylic acids is 1. The predicted octanol–water partition coefficient (Wildman–Crippen LogP) is 4.74. The molecule has 1 N–H and O–H groups in total. The fourth-order valence-electron chi connectivity index (χ4n) is 2.67. The molecule has 0 spiro atoms. The monoisotopic (exact) mass is 420 g/mol. The fraction of sp³-hybridized carbons (Fsp3) is 0.0870. The maximum atomic E-state index is 12.9. The highest BCUT2D eigenvalue weighted by Crippen LogP contribution is 2.34. The minimum Gasteiger partial charge on any atom is -0.490 e. The van der Waals surface area contributed by atoms with Crippen LogP contribution in [0.25, 0.3) is 6.08 Å². The molecule has 1 fully saturated rings. The second kappa shape index (κ2) is 9.76. The van der Waals surface area contributed by atoms with Gasteiger partial charge in [0.05, 0.1) is 16.2 Å². The summed E-state index contributed by atoms with van der Waals surface area (Å²) >= 11 is 1.24. The molecule has 0 atom stereocenters. The molecule has 0 radical (unpaired) electrons. The Balaban J connectivity index is 1.88. The van der Waals surface area contributed by atoms with Gasteiger partial charge in [-0.15, -0.1) is 6.58 Å². The molecule has 30 heavy (non-hydrogen) atoms. The van der Waals surface area contributed by atoms with Crippen molar-refractivity contribution in [2.24, 2.45) is 4.99 Å². The maximum Gasteiger partial charge on any atom is 0.335 e. The minimum absolute atomic E-state index is 0.135. The molecule has 0 aliphatic carbocycles. The van der Waals surface area contributed by atoms with E-state index in [0.29, 0.717) is 28.9 Å². The first-order valence-corrected chi connectivity index (χ1v) is 9.91. The molecule has 1 aliphatic rings. The van der Waals surface area contributed by atoms with Crippen LogP contribution in [0.2, 0.25) is 0 Å². The Morgan fingerprint density at radius 2 is 1.93 bits per heavy atom. The molecule has 1 amide bonds. The van der Waals surface area contributed by atoms with Crippen molar-refractivity contribution in [1.29, 1.82) is 0 Å². The second-order valence-corrected chi connectivity index (χ2v) is 7.24. The van der Waals surface area contributed by atoms with Gasteiger partial charge in [-0.2, -0.15) is 0 Å². The Kier molecular flexibility index (Phi) is 6.87. The van der Waals surface area contributed by atoms with Crippen molar-refractivity contribution in [3.05, 3.63) is 89.9 Å². The van der Waals surface area contributed by atoms with E-state index in [2.05, 4.69) is 18.2 Å². The summed E-state index contributed by atoms with van der Waals surface area (Å²) in [5.74, 6) is -0.493. The first-order valence-electron chi connectivity index (χ1n) is 9.10. The molecule has 6 nitrogen and oxygen atoms in total. The number of ether oxygens (including phenoxy) is 1. The molecule has 1 saturated heterocycles. The van der Waals surface area contributed by atoms with Crippen LogP contribution in [0.5, 0.6) is 5.75 Å². The Hall–Kier alpha value is -3.58. The van der Waals surface area contributed by atoms with Gasteiger partial charge < -0.3 is 9.84 Å². The maximum absolute atomic E-state index is 12.9. The number of benzene rings is 2. The Morgan fingerprint density at radius 3 is 2.60 bits per heavy atom. The lowest BCUT2D eigenvalue weighted by atomic mass is 10.2. The van der Waals surface area contributed by atoms with E-state index in [9.17, 15) is 9.59 Å². The molecule has 0 bridgehead atoms. The van der Waals surface area contributed by atoms with Gasteiger partial charge in [-0.05, 0) is 53.7 Å². The Labute approximate surface area is 178 Å². The summed E-state index contributed by atoms with van der Waals surface area (Å²) in [4.78, 5) is 30.6. The summed E-state index contributed by atoms with van der Waals surface area (Å²) in [5, 5.41) is 9.64. The zero-order valence-corrected chi connectivity index (χ0v) is 17.0. The number of nitrogens with zero attached hydrogens (tertiary/aromatic N) is 2. The number of rotatable bonds is 8. The number of amidine groups is 1. The van der Waals surface area contributed by atoms with Crippen LogP contribution < -0.4 is 4.74 Å². The summed E-state index contributed by atoms with van der Waals surface area (Å²) in [6, 6.07) is 13.7. The van der Waals surface area contributed by atoms with E-state index >= 15 is 0 Å². The van der Waals surface area contributed by atoms with Crippen LogP contribution in [0, 0.1) is 0 Å². The average molecular weight is 420 g/mol. The molecule has 1 heterocycles. The zero-order valence-electron chi connectivity index (χ0n) is 16.2. The van der Waals surface area contributed by atoms with Gasteiger partial charge in [0.15, 0.2) is 5.17 Å². The second-order valence-electron chi connectivity index (χ2n) is 6.23. The van der Waals surface area contributed by atoms with Crippen LogP contribution in [0.1, 0.15) is 15.9 Å². The number of carboxylic acids is 1. The SMILES string of the molecule is C=CCOc1ccc(/C=C2\SC(=Nc3cccc(C(=O)O)c3)N(CC=C)C2=O)cc1. The standard InChI is InChI=1S/C23H20N2O4S/c1-3-12-25-21(26)20(14-16-8-10-19(11-9-16)29-13-4-2)30-23(25)24-18-7-5-6-17(15-18)22(27)28/h3-11,14-15H,1-2,12-13H2,(H,27,28)/b20-14-,24-23?. The van der Waals surface area contributed by atoms with Gasteiger partial charge in [-0.1, -0.05) is 36.9 Å². The minimum atomic E-state index is -1.03. The highest BCUT2D eigenvalue weighted by molar-refractivity contribution is 8.18. The molecular formula is C23H20N2O4S. The van der Waals surface area contributed by atoms with Crippen LogP contribution >= 0.6 is 11.8 Å². The third-order valence-electron chi connectivity index (χ3n) is 4.06. The van der Waals surface area contributed by atoms with Crippen molar-refractivity contribution in [3.8, 4) is 5.75 Å². The Bertz CT molecular complexity index is 1040. The van der Waals surface area contributed by atoms with E-state index < -0.39 is 5.97 Å². The molecular weight excluding hydrogens is 400 g/mol. The van der Waals surface area contributed by atoms with Gasteiger partial charge in [-0.3, -0.25) is 9.69 Å². The molecule has 2 aromatic carbocycles. The molecule has 0 unspecified atom stereocenters. The number of hydrogen-bond acceptors (Lipinski definition) is 5. The molecule has 1 aliphatic heterocycles. The predicted molar refractivity (Wildman–Crippen MR) is 120 cm³/mol. The lowest BCUT2D eigenvalue weighted by Gasteiger charge is -2.12. The van der Waals surface area contributed by atoms with Crippen molar-refractivity contribution in [1.82, 2.24) is 4.90 Å². The van der Waals surface area contributed by atoms with Crippen LogP contribution in [-0.2, 0) is 4.79 Å². The highest BCUT2D eigenvalue weighted by Gasteiger charge is 2.32. The molecule has 7 heteroatoms. The number of thioether (sulfide) groups is 1. The first-order chi connectivity index (χ1) is 14.5. The largest absolute Gasteiger partial charge is 0.490 e. The number of amides is 1. The van der Waals surface area contributed by atoms with E-state index in [1.807, 2.05) is 24.3 Å². The van der Waals surface area contributed by atoms with Crippen molar-refractivity contribution in [2.75, 3.05) is 13.2 Å². The van der Waals surface area contributed by atoms with Gasteiger partial charge in [0.2, 0.25) is 0 Å². The van der Waals surface area contributed by atoms with Gasteiger partial charge >= 0.3 is 5.97 Å². The quantitative estimate of drug-likeness (QED) is 0.493. The van der Waals surface area contributed by atoms with E-state index in [1.54, 1.807) is 30.4 Å². The summed E-state index contributed by atoms with van der Waals surface area (Å²) in [6.45, 7) is 8.05. The van der Waals surface area contributed by atoms with Gasteiger partial charge in [0.25, 0.3) is 5.91 Å². The summed E-state index contributed by atoms with van der Waals surface area (Å²) in [5.41, 5.74) is 1.45. The van der Waals surface area contributed by atoms with Gasteiger partial charge in [-0.25, -0.2) is 9.79 Å². The smallest absolute Gasteiger partial charge is 0.335 e. The molecule has 152 valence electrons. The lowest BCUT2D eigenvalue weighted by molar-refractivity contribution is -0.121. The highest BCUT2D eigenvalue weighted by atomic mass is 32.2. The van der Waals surface area contributed by atoms with Crippen molar-refractivity contribution >= 4 is 40.6 Å². The molecule has 0 saturated carbocycles. The van der Waals surface area contributed by atoms with E-state index in [1.165, 1.54) is 28.8 Å². The zero-order chi connectivity index (χ0) is 21.5. The van der Waals surface area contributed by atoms with Crippen LogP contribution in [-0.4, -0.2) is 40.2 Å². The van der Waals surface area contributed by atoms with Crippen molar-refractivity contribution < 1.29 is 19.4 Å². The lowest BCUT2D eigenvalue weighted by Crippen LogP contribution is -2.29. The summed E-state index contributed by atoms with van der Waals surface area (Å²) in [7, 11) is 0. The van der Waals surface area contributed by atoms with Crippen molar-refractivity contribution in [3.63, 3.8) is 0 Å². The van der Waals surface area contributed by atoms with Crippen molar-refractivity contribution in [2.45, 2.75) is 0 Å². The van der Waals surface area contributed by atoms with E-state index in [4.69, 9.17) is 9.84 Å². The fourth-order valence-corrected chi connectivity index (χ4v) is 3.68. The normalized spacial score (nSPS) is 16.1. The first kappa shape index (κ1) is 21.1. The Morgan fingerprint density at radius 1 is 1.17 bits per heavy atom. The number of carbonyl (C=O) groups is 2. The third kappa shape index (κ3) is 5.07. The van der Waals surface area contributed by atoms with E-state index in [-0.39, 0.29) is 11.5 Å². The number of aliphatic imine (C=N–C) groups is 1. The summed E-state index contributed by atoms with van der Waals surface area (Å²) in [6.07, 6.45) is 5.08. The molecule has 3 rings (SSSR count). The van der Waals surface area contributed by atoms with Gasteiger partial charge in [0.1, 0.15) is 12.4 Å².